The Labute approximate surface area is 185 Å². The van der Waals surface area contributed by atoms with E-state index >= 15 is 0 Å². The molecule has 1 fully saturated rings. The molecule has 0 radical (unpaired) electrons. The van der Waals surface area contributed by atoms with Crippen molar-refractivity contribution >= 4 is 22.5 Å². The molecule has 1 aliphatic heterocycles. The number of amides is 1. The quantitative estimate of drug-likeness (QED) is 0.623. The van der Waals surface area contributed by atoms with Gasteiger partial charge >= 0.3 is 5.69 Å². The summed E-state index contributed by atoms with van der Waals surface area (Å²) in [6.07, 6.45) is 1.75. The Morgan fingerprint density at radius 2 is 2.03 bits per heavy atom. The highest BCUT2D eigenvalue weighted by molar-refractivity contribution is 5.92. The topological polar surface area (TPSA) is 103 Å². The van der Waals surface area contributed by atoms with E-state index in [1.807, 2.05) is 18.2 Å². The number of benzene rings is 1. The zero-order valence-electron chi connectivity index (χ0n) is 18.6. The standard InChI is InChI=1S/C23H28N6O3/c1-4-29-22(31)18-7-5-16(11-20(18)26-23(29)32)14-27-9-10-28(13-15(27)2)17-6-8-19(25-12-17)21(30)24-3/h5-8,11-12,15H,4,9-10,13-14H2,1-3H3,(H,24,30)(H,26,32)/t15-/m0/s1. The molecule has 3 aromatic rings. The van der Waals surface area contributed by atoms with Gasteiger partial charge in [0, 0.05) is 45.8 Å². The lowest BCUT2D eigenvalue weighted by Gasteiger charge is -2.41. The van der Waals surface area contributed by atoms with E-state index in [1.165, 1.54) is 4.57 Å². The van der Waals surface area contributed by atoms with Gasteiger partial charge in [0.2, 0.25) is 0 Å². The lowest BCUT2D eigenvalue weighted by Crippen LogP contribution is -2.51. The predicted octanol–water partition coefficient (Wildman–Crippen LogP) is 1.18. The number of hydrogen-bond donors (Lipinski definition) is 2. The van der Waals surface area contributed by atoms with Gasteiger partial charge in [-0.1, -0.05) is 6.07 Å². The first-order chi connectivity index (χ1) is 15.4. The highest BCUT2D eigenvalue weighted by Crippen LogP contribution is 2.21. The van der Waals surface area contributed by atoms with Gasteiger partial charge in [-0.2, -0.15) is 0 Å². The number of aromatic amines is 1. The summed E-state index contributed by atoms with van der Waals surface area (Å²) >= 11 is 0. The van der Waals surface area contributed by atoms with Crippen LogP contribution in [-0.4, -0.2) is 58.1 Å². The molecule has 9 heteroatoms. The van der Waals surface area contributed by atoms with Crippen molar-refractivity contribution < 1.29 is 4.79 Å². The molecule has 1 saturated heterocycles. The molecule has 168 valence electrons. The van der Waals surface area contributed by atoms with Crippen LogP contribution in [0.3, 0.4) is 0 Å². The normalized spacial score (nSPS) is 17.0. The minimum atomic E-state index is -0.375. The molecule has 0 bridgehead atoms. The Hall–Kier alpha value is -3.46. The van der Waals surface area contributed by atoms with E-state index in [0.717, 1.165) is 37.4 Å². The van der Waals surface area contributed by atoms with Crippen molar-refractivity contribution in [3.8, 4) is 0 Å². The van der Waals surface area contributed by atoms with Crippen LogP contribution in [0.2, 0.25) is 0 Å². The predicted molar refractivity (Wildman–Crippen MR) is 124 cm³/mol. The van der Waals surface area contributed by atoms with Crippen LogP contribution in [0.1, 0.15) is 29.9 Å². The van der Waals surface area contributed by atoms with Gasteiger partial charge in [0.25, 0.3) is 11.5 Å². The Balaban J connectivity index is 1.46. The van der Waals surface area contributed by atoms with Crippen molar-refractivity contribution in [3.05, 3.63) is 68.6 Å². The van der Waals surface area contributed by atoms with Crippen LogP contribution < -0.4 is 21.5 Å². The Bertz CT molecular complexity index is 1250. The fourth-order valence-electron chi connectivity index (χ4n) is 4.22. The second-order valence-electron chi connectivity index (χ2n) is 8.11. The van der Waals surface area contributed by atoms with E-state index in [1.54, 1.807) is 32.3 Å². The van der Waals surface area contributed by atoms with Gasteiger partial charge in [0.15, 0.2) is 0 Å². The number of fused-ring (bicyclic) bond motifs is 1. The van der Waals surface area contributed by atoms with Crippen molar-refractivity contribution in [1.29, 1.82) is 0 Å². The van der Waals surface area contributed by atoms with Crippen molar-refractivity contribution in [1.82, 2.24) is 24.8 Å². The molecule has 32 heavy (non-hydrogen) atoms. The highest BCUT2D eigenvalue weighted by Gasteiger charge is 2.24. The molecular formula is C23H28N6O3. The first-order valence-corrected chi connectivity index (χ1v) is 10.8. The number of rotatable bonds is 5. The van der Waals surface area contributed by atoms with E-state index in [9.17, 15) is 14.4 Å². The molecule has 4 rings (SSSR count). The molecule has 2 N–H and O–H groups in total. The molecule has 0 unspecified atom stereocenters. The summed E-state index contributed by atoms with van der Waals surface area (Å²) in [6, 6.07) is 9.64. The fraction of sp³-hybridized carbons (Fsp3) is 0.391. The SMILES string of the molecule is CCn1c(=O)[nH]c2cc(CN3CCN(c4ccc(C(=O)NC)nc4)C[C@@H]3C)ccc2c1=O. The third kappa shape index (κ3) is 4.16. The van der Waals surface area contributed by atoms with Gasteiger partial charge in [-0.25, -0.2) is 9.78 Å². The van der Waals surface area contributed by atoms with Gasteiger partial charge in [-0.15, -0.1) is 0 Å². The number of nitrogens with zero attached hydrogens (tertiary/aromatic N) is 4. The largest absolute Gasteiger partial charge is 0.367 e. The first-order valence-electron chi connectivity index (χ1n) is 10.8. The fourth-order valence-corrected chi connectivity index (χ4v) is 4.22. The van der Waals surface area contributed by atoms with Crippen LogP contribution in [0.25, 0.3) is 10.9 Å². The molecule has 1 amide bonds. The highest BCUT2D eigenvalue weighted by atomic mass is 16.2. The van der Waals surface area contributed by atoms with E-state index in [-0.39, 0.29) is 17.2 Å². The molecule has 3 heterocycles. The van der Waals surface area contributed by atoms with E-state index in [2.05, 4.69) is 32.0 Å². The minimum absolute atomic E-state index is 0.194. The lowest BCUT2D eigenvalue weighted by atomic mass is 10.1. The average Bonchev–Trinajstić information content (AvgIpc) is 2.80. The Kier molecular flexibility index (Phi) is 6.09. The third-order valence-electron chi connectivity index (χ3n) is 6.09. The number of hydrogen-bond acceptors (Lipinski definition) is 6. The van der Waals surface area contributed by atoms with Crippen LogP contribution in [0.15, 0.2) is 46.1 Å². The Morgan fingerprint density at radius 1 is 1.22 bits per heavy atom. The molecule has 9 nitrogen and oxygen atoms in total. The summed E-state index contributed by atoms with van der Waals surface area (Å²) in [4.78, 5) is 48.1. The van der Waals surface area contributed by atoms with Crippen molar-refractivity contribution in [2.24, 2.45) is 0 Å². The number of anilines is 1. The number of pyridine rings is 1. The molecule has 1 atom stereocenters. The van der Waals surface area contributed by atoms with Gasteiger partial charge in [-0.05, 0) is 43.7 Å². The summed E-state index contributed by atoms with van der Waals surface area (Å²) in [5.74, 6) is -0.194. The number of nitrogens with one attached hydrogen (secondary N) is 2. The van der Waals surface area contributed by atoms with Crippen LogP contribution in [0, 0.1) is 0 Å². The van der Waals surface area contributed by atoms with Crippen molar-refractivity contribution in [3.63, 3.8) is 0 Å². The first kappa shape index (κ1) is 21.8. The minimum Gasteiger partial charge on any atom is -0.367 e. The number of aromatic nitrogens is 3. The molecule has 0 saturated carbocycles. The molecule has 2 aromatic heterocycles. The smallest absolute Gasteiger partial charge is 0.328 e. The van der Waals surface area contributed by atoms with Crippen LogP contribution in [0.4, 0.5) is 5.69 Å². The van der Waals surface area contributed by atoms with Gasteiger partial charge in [0.05, 0.1) is 22.8 Å². The molecule has 1 aromatic carbocycles. The van der Waals surface area contributed by atoms with Crippen molar-refractivity contribution in [2.75, 3.05) is 31.6 Å². The van der Waals surface area contributed by atoms with Gasteiger partial charge in [-0.3, -0.25) is 19.1 Å². The molecule has 0 spiro atoms. The number of carbonyl (C=O) groups is 1. The summed E-state index contributed by atoms with van der Waals surface area (Å²) in [5, 5.41) is 3.11. The monoisotopic (exact) mass is 436 g/mol. The maximum absolute atomic E-state index is 12.5. The molecular weight excluding hydrogens is 408 g/mol. The van der Waals surface area contributed by atoms with E-state index in [4.69, 9.17) is 0 Å². The van der Waals surface area contributed by atoms with E-state index in [0.29, 0.717) is 29.2 Å². The number of carbonyl (C=O) groups excluding carboxylic acids is 1. The average molecular weight is 437 g/mol. The second-order valence-corrected chi connectivity index (χ2v) is 8.11. The van der Waals surface area contributed by atoms with Crippen LogP contribution >= 0.6 is 0 Å². The third-order valence-corrected chi connectivity index (χ3v) is 6.09. The second kappa shape index (κ2) is 8.96. The van der Waals surface area contributed by atoms with Crippen LogP contribution in [-0.2, 0) is 13.1 Å². The van der Waals surface area contributed by atoms with E-state index < -0.39 is 0 Å². The summed E-state index contributed by atoms with van der Waals surface area (Å²) < 4.78 is 1.21. The number of H-pyrrole nitrogens is 1. The van der Waals surface area contributed by atoms with Gasteiger partial charge in [0.1, 0.15) is 5.69 Å². The zero-order chi connectivity index (χ0) is 22.8. The summed E-state index contributed by atoms with van der Waals surface area (Å²) in [5.41, 5.74) is 2.41. The maximum atomic E-state index is 12.5. The zero-order valence-corrected chi connectivity index (χ0v) is 18.6. The van der Waals surface area contributed by atoms with Crippen molar-refractivity contribution in [2.45, 2.75) is 33.0 Å². The van der Waals surface area contributed by atoms with Gasteiger partial charge < -0.3 is 15.2 Å². The van der Waals surface area contributed by atoms with Crippen LogP contribution in [0.5, 0.6) is 0 Å². The maximum Gasteiger partial charge on any atom is 0.328 e. The number of piperazine rings is 1. The molecule has 1 aliphatic rings. The summed E-state index contributed by atoms with van der Waals surface area (Å²) in [6.45, 7) is 7.59. The summed E-state index contributed by atoms with van der Waals surface area (Å²) in [7, 11) is 1.59. The lowest BCUT2D eigenvalue weighted by molar-refractivity contribution is 0.0958. The Morgan fingerprint density at radius 3 is 2.69 bits per heavy atom. The molecule has 0 aliphatic carbocycles.